The molecule has 0 bridgehead atoms. The molecule has 1 aromatic carbocycles. The fraction of sp³-hybridized carbons (Fsp3) is 0.100. The van der Waals surface area contributed by atoms with Crippen molar-refractivity contribution >= 4 is 17.0 Å². The Morgan fingerprint density at radius 2 is 2.36 bits per heavy atom. The van der Waals surface area contributed by atoms with Gasteiger partial charge in [0.25, 0.3) is 0 Å². The van der Waals surface area contributed by atoms with Gasteiger partial charge in [-0.2, -0.15) is 0 Å². The third kappa shape index (κ3) is 1.21. The summed E-state index contributed by atoms with van der Waals surface area (Å²) in [5.41, 5.74) is 0.580. The van der Waals surface area contributed by atoms with Crippen molar-refractivity contribution < 1.29 is 14.6 Å². The van der Waals surface area contributed by atoms with Crippen LogP contribution in [0.3, 0.4) is 0 Å². The molecule has 2 aromatic rings. The number of benzene rings is 1. The maximum atomic E-state index is 10.8. The van der Waals surface area contributed by atoms with Crippen LogP contribution in [0.5, 0.6) is 5.75 Å². The zero-order valence-electron chi connectivity index (χ0n) is 7.52. The summed E-state index contributed by atoms with van der Waals surface area (Å²) in [5.74, 6) is 0.632. The molecule has 4 nitrogen and oxygen atoms in total. The Bertz CT molecular complexity index is 487. The highest BCUT2D eigenvalue weighted by Gasteiger charge is 2.07. The fourth-order valence-corrected chi connectivity index (χ4v) is 1.33. The van der Waals surface area contributed by atoms with E-state index in [1.165, 1.54) is 0 Å². The van der Waals surface area contributed by atoms with E-state index in [4.69, 9.17) is 9.84 Å². The van der Waals surface area contributed by atoms with E-state index in [9.17, 15) is 4.79 Å². The molecule has 0 atom stereocenters. The average Bonchev–Trinajstić information content (AvgIpc) is 2.59. The van der Waals surface area contributed by atoms with Crippen LogP contribution in [0.25, 0.3) is 10.9 Å². The van der Waals surface area contributed by atoms with Crippen molar-refractivity contribution in [3.63, 3.8) is 0 Å². The topological polar surface area (TPSA) is 51.5 Å². The van der Waals surface area contributed by atoms with Crippen LogP contribution in [0.15, 0.2) is 24.3 Å². The van der Waals surface area contributed by atoms with Gasteiger partial charge in [-0.3, -0.25) is 0 Å². The molecule has 0 aliphatic rings. The van der Waals surface area contributed by atoms with E-state index in [1.54, 1.807) is 31.4 Å². The molecule has 1 aromatic heterocycles. The molecule has 1 radical (unpaired) electrons. The van der Waals surface area contributed by atoms with E-state index in [2.05, 4.69) is 6.20 Å². The average molecular weight is 190 g/mol. The van der Waals surface area contributed by atoms with Crippen LogP contribution in [0.2, 0.25) is 0 Å². The first-order chi connectivity index (χ1) is 6.72. The first kappa shape index (κ1) is 8.62. The van der Waals surface area contributed by atoms with Gasteiger partial charge in [0.05, 0.1) is 18.8 Å². The van der Waals surface area contributed by atoms with Crippen molar-refractivity contribution in [2.45, 2.75) is 0 Å². The number of aromatic nitrogens is 1. The summed E-state index contributed by atoms with van der Waals surface area (Å²) in [7, 11) is 1.54. The summed E-state index contributed by atoms with van der Waals surface area (Å²) in [5, 5.41) is 9.65. The van der Waals surface area contributed by atoms with Crippen LogP contribution in [-0.4, -0.2) is 22.9 Å². The molecule has 0 saturated carbocycles. The third-order valence-electron chi connectivity index (χ3n) is 2.02. The van der Waals surface area contributed by atoms with Crippen LogP contribution in [0.1, 0.15) is 0 Å². The first-order valence-electron chi connectivity index (χ1n) is 4.03. The number of rotatable bonds is 1. The van der Waals surface area contributed by atoms with E-state index in [0.717, 1.165) is 9.95 Å². The second-order valence-electron chi connectivity index (χ2n) is 2.82. The standard InChI is InChI=1S/C10H8NO3/c1-14-8-3-2-7-4-5-11(10(12)13)9(7)6-8/h2-4,6H,1H3,(H,12,13). The molecule has 0 unspecified atom stereocenters. The Balaban J connectivity index is 2.69. The van der Waals surface area contributed by atoms with Crippen LogP contribution in [0, 0.1) is 6.20 Å². The molecule has 0 fully saturated rings. The van der Waals surface area contributed by atoms with Crippen LogP contribution in [-0.2, 0) is 0 Å². The molecule has 0 aliphatic heterocycles. The van der Waals surface area contributed by atoms with Gasteiger partial charge in [0.15, 0.2) is 0 Å². The smallest absolute Gasteiger partial charge is 0.416 e. The highest BCUT2D eigenvalue weighted by Crippen LogP contribution is 2.21. The van der Waals surface area contributed by atoms with Gasteiger partial charge < -0.3 is 9.84 Å². The molecule has 0 aliphatic carbocycles. The molecule has 1 heterocycles. The number of carboxylic acid groups (broad SMARTS) is 1. The lowest BCUT2D eigenvalue weighted by Crippen LogP contribution is -2.05. The molecule has 0 amide bonds. The van der Waals surface area contributed by atoms with Crippen molar-refractivity contribution in [3.8, 4) is 5.75 Å². The van der Waals surface area contributed by atoms with Gasteiger partial charge in [0.1, 0.15) is 5.75 Å². The van der Waals surface area contributed by atoms with E-state index < -0.39 is 6.09 Å². The normalized spacial score (nSPS) is 10.4. The summed E-state index contributed by atoms with van der Waals surface area (Å²) in [6, 6.07) is 6.87. The van der Waals surface area contributed by atoms with Gasteiger partial charge in [0.2, 0.25) is 0 Å². The molecule has 0 saturated heterocycles. The monoisotopic (exact) mass is 190 g/mol. The molecular formula is C10H8NO3. The number of hydrogen-bond donors (Lipinski definition) is 1. The lowest BCUT2D eigenvalue weighted by Gasteiger charge is -2.01. The van der Waals surface area contributed by atoms with Crippen LogP contribution >= 0.6 is 0 Å². The molecule has 71 valence electrons. The largest absolute Gasteiger partial charge is 0.497 e. The van der Waals surface area contributed by atoms with Crippen molar-refractivity contribution in [1.82, 2.24) is 4.57 Å². The van der Waals surface area contributed by atoms with Gasteiger partial charge in [0, 0.05) is 11.5 Å². The van der Waals surface area contributed by atoms with Gasteiger partial charge in [-0.05, 0) is 18.2 Å². The second-order valence-corrected chi connectivity index (χ2v) is 2.82. The number of nitrogens with zero attached hydrogens (tertiary/aromatic N) is 1. The Morgan fingerprint density at radius 3 is 3.00 bits per heavy atom. The molecular weight excluding hydrogens is 182 g/mol. The van der Waals surface area contributed by atoms with E-state index in [0.29, 0.717) is 11.3 Å². The Kier molecular flexibility index (Phi) is 1.89. The summed E-state index contributed by atoms with van der Waals surface area (Å²) in [6.45, 7) is 0. The number of methoxy groups -OCH3 is 1. The lowest BCUT2D eigenvalue weighted by molar-refractivity contribution is 0.197. The van der Waals surface area contributed by atoms with Gasteiger partial charge >= 0.3 is 6.09 Å². The molecule has 0 spiro atoms. The van der Waals surface area contributed by atoms with Crippen LogP contribution in [0.4, 0.5) is 4.79 Å². The highest BCUT2D eigenvalue weighted by molar-refractivity contribution is 5.89. The predicted octanol–water partition coefficient (Wildman–Crippen LogP) is 1.98. The number of carbonyl (C=O) groups is 1. The number of ether oxygens (including phenoxy) is 1. The van der Waals surface area contributed by atoms with Crippen molar-refractivity contribution in [3.05, 3.63) is 30.5 Å². The molecule has 4 heteroatoms. The fourth-order valence-electron chi connectivity index (χ4n) is 1.33. The Labute approximate surface area is 80.3 Å². The third-order valence-corrected chi connectivity index (χ3v) is 2.02. The zero-order valence-corrected chi connectivity index (χ0v) is 7.52. The quantitative estimate of drug-likeness (QED) is 0.747. The number of hydrogen-bond acceptors (Lipinski definition) is 2. The Morgan fingerprint density at radius 1 is 1.57 bits per heavy atom. The minimum atomic E-state index is -1.05. The highest BCUT2D eigenvalue weighted by atomic mass is 16.5. The lowest BCUT2D eigenvalue weighted by atomic mass is 10.2. The van der Waals surface area contributed by atoms with Gasteiger partial charge in [-0.1, -0.05) is 0 Å². The van der Waals surface area contributed by atoms with Crippen molar-refractivity contribution in [1.29, 1.82) is 0 Å². The summed E-state index contributed by atoms with van der Waals surface area (Å²) in [6.07, 6.45) is 1.58. The first-order valence-corrected chi connectivity index (χ1v) is 4.03. The van der Waals surface area contributed by atoms with Crippen LogP contribution < -0.4 is 4.74 Å². The van der Waals surface area contributed by atoms with E-state index in [1.807, 2.05) is 0 Å². The predicted molar refractivity (Wildman–Crippen MR) is 50.7 cm³/mol. The molecule has 1 N–H and O–H groups in total. The minimum Gasteiger partial charge on any atom is -0.497 e. The van der Waals surface area contributed by atoms with Crippen molar-refractivity contribution in [2.24, 2.45) is 0 Å². The van der Waals surface area contributed by atoms with Gasteiger partial charge in [-0.25, -0.2) is 9.36 Å². The minimum absolute atomic E-state index is 0.580. The second kappa shape index (κ2) is 3.06. The maximum Gasteiger partial charge on any atom is 0.416 e. The molecule has 14 heavy (non-hydrogen) atoms. The summed E-state index contributed by atoms with van der Waals surface area (Å²) >= 11 is 0. The molecule has 2 rings (SSSR count). The zero-order chi connectivity index (χ0) is 10.1. The summed E-state index contributed by atoms with van der Waals surface area (Å²) < 4.78 is 6.05. The summed E-state index contributed by atoms with van der Waals surface area (Å²) in [4.78, 5) is 10.8. The Hall–Kier alpha value is -1.97. The SMILES string of the molecule is COc1ccc2c[c]n(C(=O)O)c2c1. The maximum absolute atomic E-state index is 10.8. The van der Waals surface area contributed by atoms with Gasteiger partial charge in [-0.15, -0.1) is 0 Å². The van der Waals surface area contributed by atoms with E-state index in [-0.39, 0.29) is 0 Å². The number of fused-ring (bicyclic) bond motifs is 1. The van der Waals surface area contributed by atoms with Crippen molar-refractivity contribution in [2.75, 3.05) is 7.11 Å². The van der Waals surface area contributed by atoms with E-state index >= 15 is 0 Å².